The van der Waals surface area contributed by atoms with Crippen LogP contribution in [0.1, 0.15) is 72.0 Å². The largest absolute Gasteiger partial charge is 0.381 e. The SMILES string of the molecule is CO[C@H]1CC[C@H](NC(=O)c2ccnc(Cl)n2)CC1[n+]1ccn(-c2nccc(C(=O)N[C@H]3CC[C@H](OC)CC3)n2)c1. The number of halogens is 1. The predicted molar refractivity (Wildman–Crippen MR) is 144 cm³/mol. The highest BCUT2D eigenvalue weighted by atomic mass is 35.5. The topological polar surface area (TPSA) is 137 Å². The Morgan fingerprint density at radius 3 is 2.30 bits per heavy atom. The van der Waals surface area contributed by atoms with Crippen LogP contribution in [0.4, 0.5) is 0 Å². The van der Waals surface area contributed by atoms with Crippen LogP contribution in [0, 0.1) is 0 Å². The minimum Gasteiger partial charge on any atom is -0.381 e. The Bertz CT molecular complexity index is 1330. The summed E-state index contributed by atoms with van der Waals surface area (Å²) in [6.07, 6.45) is 14.8. The number of imidazole rings is 1. The summed E-state index contributed by atoms with van der Waals surface area (Å²) >= 11 is 5.85. The van der Waals surface area contributed by atoms with Gasteiger partial charge < -0.3 is 20.1 Å². The highest BCUT2D eigenvalue weighted by Crippen LogP contribution is 2.28. The van der Waals surface area contributed by atoms with E-state index in [9.17, 15) is 9.59 Å². The molecule has 3 aromatic heterocycles. The van der Waals surface area contributed by atoms with Crippen molar-refractivity contribution in [1.82, 2.24) is 35.1 Å². The van der Waals surface area contributed by atoms with Gasteiger partial charge in [0.15, 0.2) is 0 Å². The molecule has 2 amide bonds. The summed E-state index contributed by atoms with van der Waals surface area (Å²) in [7, 11) is 3.43. The van der Waals surface area contributed by atoms with Crippen molar-refractivity contribution in [2.45, 2.75) is 75.3 Å². The van der Waals surface area contributed by atoms with Gasteiger partial charge in [0, 0.05) is 45.1 Å². The van der Waals surface area contributed by atoms with Crippen molar-refractivity contribution in [2.75, 3.05) is 14.2 Å². The van der Waals surface area contributed by atoms with Crippen LogP contribution in [-0.2, 0) is 9.47 Å². The summed E-state index contributed by atoms with van der Waals surface area (Å²) in [6, 6.07) is 3.16. The second kappa shape index (κ2) is 12.8. The number of hydrogen-bond acceptors (Lipinski definition) is 8. The van der Waals surface area contributed by atoms with Crippen molar-refractivity contribution in [3.8, 4) is 5.95 Å². The number of hydrogen-bond donors (Lipinski definition) is 2. The molecule has 2 aliphatic carbocycles. The second-order valence-corrected chi connectivity index (χ2v) is 10.6. The van der Waals surface area contributed by atoms with Crippen molar-refractivity contribution >= 4 is 23.4 Å². The molecule has 0 bridgehead atoms. The van der Waals surface area contributed by atoms with Gasteiger partial charge in [-0.05, 0) is 62.3 Å². The first-order valence-corrected chi connectivity index (χ1v) is 13.9. The zero-order chi connectivity index (χ0) is 28.1. The van der Waals surface area contributed by atoms with Crippen LogP contribution >= 0.6 is 11.6 Å². The number of amides is 2. The minimum atomic E-state index is -0.290. The van der Waals surface area contributed by atoms with Crippen LogP contribution in [0.3, 0.4) is 0 Å². The number of methoxy groups -OCH3 is 2. The third kappa shape index (κ3) is 6.62. The fourth-order valence-corrected chi connectivity index (χ4v) is 5.69. The van der Waals surface area contributed by atoms with E-state index in [1.54, 1.807) is 31.0 Å². The Morgan fingerprint density at radius 2 is 1.60 bits per heavy atom. The summed E-state index contributed by atoms with van der Waals surface area (Å²) in [5.74, 6) is -0.105. The van der Waals surface area contributed by atoms with Gasteiger partial charge in [-0.15, -0.1) is 0 Å². The van der Waals surface area contributed by atoms with E-state index in [2.05, 4.69) is 30.6 Å². The van der Waals surface area contributed by atoms with Gasteiger partial charge in [0.2, 0.25) is 5.28 Å². The van der Waals surface area contributed by atoms with Crippen LogP contribution in [0.15, 0.2) is 43.2 Å². The molecule has 0 aliphatic heterocycles. The Kier molecular flexibility index (Phi) is 8.98. The van der Waals surface area contributed by atoms with E-state index < -0.39 is 0 Å². The van der Waals surface area contributed by atoms with Crippen LogP contribution in [-0.4, -0.2) is 74.8 Å². The number of ether oxygens (including phenoxy) is 2. The highest BCUT2D eigenvalue weighted by Gasteiger charge is 2.36. The van der Waals surface area contributed by atoms with Crippen molar-refractivity contribution in [3.05, 3.63) is 59.9 Å². The molecular formula is C27H34ClN8O4+. The Hall–Kier alpha value is -3.48. The van der Waals surface area contributed by atoms with Crippen molar-refractivity contribution < 1.29 is 23.6 Å². The first-order valence-electron chi connectivity index (χ1n) is 13.5. The third-order valence-corrected chi connectivity index (χ3v) is 7.92. The lowest BCUT2D eigenvalue weighted by Crippen LogP contribution is -2.52. The van der Waals surface area contributed by atoms with E-state index in [0.717, 1.165) is 38.5 Å². The molecule has 0 radical (unpaired) electrons. The Balaban J connectivity index is 1.25. The Morgan fingerprint density at radius 1 is 0.925 bits per heavy atom. The smallest absolute Gasteiger partial charge is 0.326 e. The molecule has 40 heavy (non-hydrogen) atoms. The molecule has 12 nitrogen and oxygen atoms in total. The first-order chi connectivity index (χ1) is 19.4. The molecule has 212 valence electrons. The average Bonchev–Trinajstić information content (AvgIpc) is 3.48. The number of carbonyl (C=O) groups is 2. The molecule has 13 heteroatoms. The quantitative estimate of drug-likeness (QED) is 0.311. The van der Waals surface area contributed by atoms with Gasteiger partial charge in [0.25, 0.3) is 18.1 Å². The Labute approximate surface area is 237 Å². The monoisotopic (exact) mass is 569 g/mol. The normalized spacial score (nSPS) is 24.8. The van der Waals surface area contributed by atoms with E-state index >= 15 is 0 Å². The number of nitrogens with zero attached hydrogens (tertiary/aromatic N) is 6. The van der Waals surface area contributed by atoms with E-state index in [1.807, 2.05) is 23.3 Å². The molecule has 1 unspecified atom stereocenters. The van der Waals surface area contributed by atoms with Crippen LogP contribution in [0.5, 0.6) is 0 Å². The molecule has 3 aromatic rings. The standard InChI is InChI=1S/C27H33ClN8O4/c1-39-19-6-3-17(4-7-19)31-25(38)21-10-12-30-27(34-21)36-14-13-35(16-36)22-15-18(5-8-23(22)40-2)32-24(37)20-9-11-29-26(28)33-20/h9-14,16-19,22-23H,3-8,15H2,1-2H3,(H-,31,32,37,38)/p+1/t17-,18-,19-,22?,23-/m0/s1. The maximum absolute atomic E-state index is 12.9. The van der Waals surface area contributed by atoms with E-state index in [4.69, 9.17) is 21.1 Å². The van der Waals surface area contributed by atoms with Gasteiger partial charge in [0.05, 0.1) is 12.2 Å². The fraction of sp³-hybridized carbons (Fsp3) is 0.519. The van der Waals surface area contributed by atoms with Gasteiger partial charge in [0.1, 0.15) is 29.8 Å². The lowest BCUT2D eigenvalue weighted by molar-refractivity contribution is -0.732. The number of aromatic nitrogens is 6. The third-order valence-electron chi connectivity index (χ3n) is 7.74. The minimum absolute atomic E-state index is 0.0310. The molecule has 2 N–H and O–H groups in total. The number of nitrogens with one attached hydrogen (secondary N) is 2. The van der Waals surface area contributed by atoms with Gasteiger partial charge in [-0.2, -0.15) is 14.5 Å². The molecule has 2 fully saturated rings. The molecule has 3 heterocycles. The van der Waals surface area contributed by atoms with Crippen LogP contribution < -0.4 is 15.2 Å². The van der Waals surface area contributed by atoms with Crippen LogP contribution in [0.25, 0.3) is 5.95 Å². The van der Waals surface area contributed by atoms with E-state index in [0.29, 0.717) is 18.1 Å². The van der Waals surface area contributed by atoms with Gasteiger partial charge >= 0.3 is 5.95 Å². The summed E-state index contributed by atoms with van der Waals surface area (Å²) in [5, 5.41) is 6.19. The zero-order valence-corrected chi connectivity index (χ0v) is 23.3. The van der Waals surface area contributed by atoms with Crippen molar-refractivity contribution in [2.24, 2.45) is 0 Å². The summed E-state index contributed by atoms with van der Waals surface area (Å²) in [6.45, 7) is 0. The molecule has 2 aliphatic rings. The summed E-state index contributed by atoms with van der Waals surface area (Å²) in [5.41, 5.74) is 0.548. The van der Waals surface area contributed by atoms with Gasteiger partial charge in [-0.3, -0.25) is 9.59 Å². The predicted octanol–water partition coefficient (Wildman–Crippen LogP) is 2.22. The van der Waals surface area contributed by atoms with E-state index in [-0.39, 0.29) is 53.1 Å². The first kappa shape index (κ1) is 28.1. The second-order valence-electron chi connectivity index (χ2n) is 10.2. The molecule has 0 aromatic carbocycles. The van der Waals surface area contributed by atoms with Crippen LogP contribution in [0.2, 0.25) is 5.28 Å². The fourth-order valence-electron chi connectivity index (χ4n) is 5.54. The maximum atomic E-state index is 12.9. The summed E-state index contributed by atoms with van der Waals surface area (Å²) in [4.78, 5) is 42.4. The number of rotatable bonds is 8. The molecular weight excluding hydrogens is 536 g/mol. The van der Waals surface area contributed by atoms with Crippen molar-refractivity contribution in [1.29, 1.82) is 0 Å². The van der Waals surface area contributed by atoms with Gasteiger partial charge in [-0.1, -0.05) is 0 Å². The van der Waals surface area contributed by atoms with Gasteiger partial charge in [-0.25, -0.2) is 14.5 Å². The molecule has 0 saturated heterocycles. The zero-order valence-electron chi connectivity index (χ0n) is 22.6. The van der Waals surface area contributed by atoms with Crippen molar-refractivity contribution in [3.63, 3.8) is 0 Å². The highest BCUT2D eigenvalue weighted by molar-refractivity contribution is 6.28. The maximum Gasteiger partial charge on any atom is 0.326 e. The molecule has 5 rings (SSSR count). The van der Waals surface area contributed by atoms with E-state index in [1.165, 1.54) is 12.3 Å². The molecule has 2 saturated carbocycles. The molecule has 3 atom stereocenters. The number of carbonyl (C=O) groups excluding carboxylic acids is 2. The summed E-state index contributed by atoms with van der Waals surface area (Å²) < 4.78 is 15.0. The lowest BCUT2D eigenvalue weighted by atomic mass is 9.88. The lowest BCUT2D eigenvalue weighted by Gasteiger charge is -2.33. The average molecular weight is 570 g/mol. The molecule has 0 spiro atoms.